The first-order valence-electron chi connectivity index (χ1n) is 6.62. The molecule has 4 aromatic rings. The minimum atomic E-state index is 0.494. The number of ether oxygens (including phenoxy) is 1. The molecule has 0 amide bonds. The van der Waals surface area contributed by atoms with E-state index in [1.54, 1.807) is 22.7 Å². The summed E-state index contributed by atoms with van der Waals surface area (Å²) in [5.41, 5.74) is 2.03. The number of thiazole rings is 2. The van der Waals surface area contributed by atoms with Crippen LogP contribution in [0.4, 0.5) is 0 Å². The van der Waals surface area contributed by atoms with Crippen molar-refractivity contribution < 1.29 is 4.74 Å². The molecule has 5 heteroatoms. The van der Waals surface area contributed by atoms with E-state index in [1.165, 1.54) is 9.40 Å². The summed E-state index contributed by atoms with van der Waals surface area (Å²) in [6.45, 7) is 2.51. The number of aromatic nitrogens is 2. The van der Waals surface area contributed by atoms with Crippen molar-refractivity contribution in [3.63, 3.8) is 0 Å². The van der Waals surface area contributed by atoms with E-state index >= 15 is 0 Å². The number of hydrogen-bond donors (Lipinski definition) is 0. The van der Waals surface area contributed by atoms with Crippen LogP contribution in [0.25, 0.3) is 20.4 Å². The molecule has 0 N–H and O–H groups in total. The van der Waals surface area contributed by atoms with Crippen molar-refractivity contribution in [1.82, 2.24) is 9.97 Å². The van der Waals surface area contributed by atoms with Crippen LogP contribution in [-0.4, -0.2) is 9.97 Å². The average molecular weight is 312 g/mol. The molecule has 0 atom stereocenters. The maximum atomic E-state index is 5.85. The SMILES string of the molecule is Cc1nc2cc(OCc3nc4ccccc4s3)ccc2s1. The van der Waals surface area contributed by atoms with E-state index in [-0.39, 0.29) is 0 Å². The maximum absolute atomic E-state index is 5.85. The van der Waals surface area contributed by atoms with Gasteiger partial charge < -0.3 is 4.74 Å². The van der Waals surface area contributed by atoms with Gasteiger partial charge in [-0.25, -0.2) is 9.97 Å². The van der Waals surface area contributed by atoms with Crippen LogP contribution in [-0.2, 0) is 6.61 Å². The predicted molar refractivity (Wildman–Crippen MR) is 88.3 cm³/mol. The van der Waals surface area contributed by atoms with Crippen LogP contribution in [0.2, 0.25) is 0 Å². The number of rotatable bonds is 3. The third kappa shape index (κ3) is 2.50. The van der Waals surface area contributed by atoms with Gasteiger partial charge in [0, 0.05) is 6.07 Å². The van der Waals surface area contributed by atoms with Crippen LogP contribution >= 0.6 is 22.7 Å². The zero-order valence-corrected chi connectivity index (χ0v) is 13.0. The molecule has 0 saturated heterocycles. The van der Waals surface area contributed by atoms with Gasteiger partial charge in [-0.2, -0.15) is 0 Å². The van der Waals surface area contributed by atoms with Crippen molar-refractivity contribution in [1.29, 1.82) is 0 Å². The molecule has 2 heterocycles. The monoisotopic (exact) mass is 312 g/mol. The second-order valence-electron chi connectivity index (χ2n) is 4.73. The number of hydrogen-bond acceptors (Lipinski definition) is 5. The Balaban J connectivity index is 1.56. The molecular weight excluding hydrogens is 300 g/mol. The van der Waals surface area contributed by atoms with Gasteiger partial charge in [-0.3, -0.25) is 0 Å². The molecule has 0 fully saturated rings. The fourth-order valence-corrected chi connectivity index (χ4v) is 3.93. The van der Waals surface area contributed by atoms with Gasteiger partial charge in [-0.05, 0) is 31.2 Å². The first-order chi connectivity index (χ1) is 10.3. The van der Waals surface area contributed by atoms with Crippen molar-refractivity contribution in [2.24, 2.45) is 0 Å². The van der Waals surface area contributed by atoms with Crippen LogP contribution in [0.15, 0.2) is 42.5 Å². The number of aryl methyl sites for hydroxylation is 1. The Kier molecular flexibility index (Phi) is 3.09. The summed E-state index contributed by atoms with van der Waals surface area (Å²) in [7, 11) is 0. The van der Waals surface area contributed by atoms with Crippen LogP contribution in [0.3, 0.4) is 0 Å². The van der Waals surface area contributed by atoms with Crippen LogP contribution in [0.5, 0.6) is 5.75 Å². The molecule has 0 aliphatic rings. The molecular formula is C16H12N2OS2. The number of nitrogens with zero attached hydrogens (tertiary/aromatic N) is 2. The second kappa shape index (κ2) is 5.09. The Morgan fingerprint density at radius 2 is 1.81 bits per heavy atom. The van der Waals surface area contributed by atoms with Crippen molar-refractivity contribution in [2.75, 3.05) is 0 Å². The highest BCUT2D eigenvalue weighted by atomic mass is 32.1. The van der Waals surface area contributed by atoms with Crippen LogP contribution in [0.1, 0.15) is 10.0 Å². The normalized spacial score (nSPS) is 11.3. The first kappa shape index (κ1) is 12.7. The van der Waals surface area contributed by atoms with E-state index in [0.717, 1.165) is 26.8 Å². The molecule has 0 spiro atoms. The molecule has 4 rings (SSSR count). The molecule has 3 nitrogen and oxygen atoms in total. The third-order valence-electron chi connectivity index (χ3n) is 3.17. The molecule has 0 bridgehead atoms. The Labute approximate surface area is 129 Å². The van der Waals surface area contributed by atoms with Gasteiger partial charge >= 0.3 is 0 Å². The van der Waals surface area contributed by atoms with Gasteiger partial charge in [0.25, 0.3) is 0 Å². The average Bonchev–Trinajstić information content (AvgIpc) is 3.06. The number of para-hydroxylation sites is 1. The molecule has 0 unspecified atom stereocenters. The van der Waals surface area contributed by atoms with Crippen molar-refractivity contribution in [3.05, 3.63) is 52.5 Å². The summed E-state index contributed by atoms with van der Waals surface area (Å²) in [6.07, 6.45) is 0. The molecule has 0 aliphatic heterocycles. The standard InChI is InChI=1S/C16H12N2OS2/c1-10-17-13-8-11(6-7-15(13)20-10)19-9-16-18-12-4-2-3-5-14(12)21-16/h2-8H,9H2,1H3. The molecule has 0 aliphatic carbocycles. The Morgan fingerprint density at radius 3 is 2.71 bits per heavy atom. The second-order valence-corrected chi connectivity index (χ2v) is 7.08. The molecule has 2 aromatic carbocycles. The Hall–Kier alpha value is -1.98. The van der Waals surface area contributed by atoms with Crippen molar-refractivity contribution in [3.8, 4) is 5.75 Å². The lowest BCUT2D eigenvalue weighted by atomic mass is 10.3. The highest BCUT2D eigenvalue weighted by Crippen LogP contribution is 2.27. The fraction of sp³-hybridized carbons (Fsp3) is 0.125. The number of fused-ring (bicyclic) bond motifs is 2. The third-order valence-corrected chi connectivity index (χ3v) is 5.13. The summed E-state index contributed by atoms with van der Waals surface area (Å²) in [5.74, 6) is 0.840. The Bertz CT molecular complexity index is 893. The predicted octanol–water partition coefficient (Wildman–Crippen LogP) is 4.79. The zero-order valence-electron chi connectivity index (χ0n) is 11.4. The van der Waals surface area contributed by atoms with Gasteiger partial charge in [0.15, 0.2) is 0 Å². The van der Waals surface area contributed by atoms with Gasteiger partial charge in [-0.15, -0.1) is 22.7 Å². The van der Waals surface area contributed by atoms with Gasteiger partial charge in [0.05, 0.1) is 25.4 Å². The summed E-state index contributed by atoms with van der Waals surface area (Å²) in [4.78, 5) is 9.06. The Morgan fingerprint density at radius 1 is 0.952 bits per heavy atom. The fourth-order valence-electron chi connectivity index (χ4n) is 2.24. The van der Waals surface area contributed by atoms with E-state index in [4.69, 9.17) is 4.74 Å². The molecule has 104 valence electrons. The van der Waals surface area contributed by atoms with Gasteiger partial charge in [-0.1, -0.05) is 12.1 Å². The molecule has 0 radical (unpaired) electrons. The van der Waals surface area contributed by atoms with E-state index in [2.05, 4.69) is 22.1 Å². The van der Waals surface area contributed by atoms with E-state index in [1.807, 2.05) is 37.3 Å². The first-order valence-corrected chi connectivity index (χ1v) is 8.26. The minimum Gasteiger partial charge on any atom is -0.486 e. The van der Waals surface area contributed by atoms with Crippen molar-refractivity contribution >= 4 is 43.1 Å². The van der Waals surface area contributed by atoms with E-state index in [9.17, 15) is 0 Å². The minimum absolute atomic E-state index is 0.494. The van der Waals surface area contributed by atoms with Crippen molar-refractivity contribution in [2.45, 2.75) is 13.5 Å². The van der Waals surface area contributed by atoms with Crippen LogP contribution in [0, 0.1) is 6.92 Å². The molecule has 2 aromatic heterocycles. The zero-order chi connectivity index (χ0) is 14.2. The maximum Gasteiger partial charge on any atom is 0.140 e. The summed E-state index contributed by atoms with van der Waals surface area (Å²) < 4.78 is 8.24. The van der Waals surface area contributed by atoms with E-state index in [0.29, 0.717) is 6.61 Å². The van der Waals surface area contributed by atoms with Gasteiger partial charge in [0.1, 0.15) is 17.4 Å². The summed E-state index contributed by atoms with van der Waals surface area (Å²) >= 11 is 3.38. The highest BCUT2D eigenvalue weighted by molar-refractivity contribution is 7.18. The summed E-state index contributed by atoms with van der Waals surface area (Å²) in [5, 5.41) is 2.07. The number of benzene rings is 2. The lowest BCUT2D eigenvalue weighted by molar-refractivity contribution is 0.306. The molecule has 21 heavy (non-hydrogen) atoms. The lowest BCUT2D eigenvalue weighted by Crippen LogP contribution is -1.94. The lowest BCUT2D eigenvalue weighted by Gasteiger charge is -2.03. The highest BCUT2D eigenvalue weighted by Gasteiger charge is 2.06. The summed E-state index contributed by atoms with van der Waals surface area (Å²) in [6, 6.07) is 14.2. The smallest absolute Gasteiger partial charge is 0.140 e. The quantitative estimate of drug-likeness (QED) is 0.545. The molecule has 0 saturated carbocycles. The largest absolute Gasteiger partial charge is 0.486 e. The van der Waals surface area contributed by atoms with Crippen LogP contribution < -0.4 is 4.74 Å². The van der Waals surface area contributed by atoms with Gasteiger partial charge in [0.2, 0.25) is 0 Å². The van der Waals surface area contributed by atoms with E-state index < -0.39 is 0 Å². The topological polar surface area (TPSA) is 35.0 Å².